The number of pyridine rings is 1. The maximum Gasteiger partial charge on any atom is 0.255 e. The van der Waals surface area contributed by atoms with Crippen molar-refractivity contribution < 1.29 is 4.79 Å². The largest absolute Gasteiger partial charge is 0.340 e. The number of nitrogens with one attached hydrogen (secondary N) is 1. The summed E-state index contributed by atoms with van der Waals surface area (Å²) in [5.41, 5.74) is 0.653. The van der Waals surface area contributed by atoms with Gasteiger partial charge in [-0.2, -0.15) is 0 Å². The van der Waals surface area contributed by atoms with Gasteiger partial charge in [-0.15, -0.1) is 0 Å². The van der Waals surface area contributed by atoms with Crippen molar-refractivity contribution in [1.29, 1.82) is 0 Å². The molecule has 2 heterocycles. The van der Waals surface area contributed by atoms with Gasteiger partial charge in [0.15, 0.2) is 0 Å². The minimum absolute atomic E-state index is 0.0400. The van der Waals surface area contributed by atoms with E-state index in [1.54, 1.807) is 29.4 Å². The Balaban J connectivity index is 1.80. The van der Waals surface area contributed by atoms with E-state index in [0.29, 0.717) is 5.56 Å². The molecule has 0 bridgehead atoms. The van der Waals surface area contributed by atoms with Crippen molar-refractivity contribution >= 4 is 5.91 Å². The van der Waals surface area contributed by atoms with Gasteiger partial charge in [0.05, 0.1) is 5.56 Å². The van der Waals surface area contributed by atoms with Crippen LogP contribution in [0, 0.1) is 0 Å². The zero-order valence-corrected chi connectivity index (χ0v) is 10.8. The zero-order valence-electron chi connectivity index (χ0n) is 10.8. The molecule has 98 valence electrons. The Morgan fingerprint density at radius 3 is 2.94 bits per heavy atom. The van der Waals surface area contributed by atoms with Gasteiger partial charge in [-0.25, -0.2) is 0 Å². The average Bonchev–Trinajstić information content (AvgIpc) is 2.46. The van der Waals surface area contributed by atoms with Gasteiger partial charge in [-0.3, -0.25) is 14.7 Å². The normalized spacial score (nSPS) is 16.5. The number of hydrogen-bond donors (Lipinski definition) is 1. The summed E-state index contributed by atoms with van der Waals surface area (Å²) in [6, 6.07) is 3.59. The van der Waals surface area contributed by atoms with E-state index in [2.05, 4.69) is 15.2 Å². The lowest BCUT2D eigenvalue weighted by atomic mass is 10.2. The summed E-state index contributed by atoms with van der Waals surface area (Å²) >= 11 is 0. The SMILES string of the molecule is CN(CCN1CCNCC1)C(=O)c1cccnc1. The van der Waals surface area contributed by atoms with Crippen molar-refractivity contribution in [1.82, 2.24) is 20.1 Å². The summed E-state index contributed by atoms with van der Waals surface area (Å²) < 4.78 is 0. The number of hydrogen-bond acceptors (Lipinski definition) is 4. The minimum atomic E-state index is 0.0400. The second kappa shape index (κ2) is 6.47. The highest BCUT2D eigenvalue weighted by Crippen LogP contribution is 2.01. The molecule has 0 aliphatic carbocycles. The van der Waals surface area contributed by atoms with Crippen LogP contribution >= 0.6 is 0 Å². The van der Waals surface area contributed by atoms with E-state index in [1.165, 1.54) is 0 Å². The van der Waals surface area contributed by atoms with Crippen LogP contribution in [0.25, 0.3) is 0 Å². The molecule has 0 aromatic carbocycles. The van der Waals surface area contributed by atoms with E-state index in [0.717, 1.165) is 39.3 Å². The smallest absolute Gasteiger partial charge is 0.255 e. The Morgan fingerprint density at radius 1 is 1.50 bits per heavy atom. The second-order valence-electron chi connectivity index (χ2n) is 4.56. The van der Waals surface area contributed by atoms with Crippen molar-refractivity contribution in [3.05, 3.63) is 30.1 Å². The maximum atomic E-state index is 12.1. The molecule has 18 heavy (non-hydrogen) atoms. The molecule has 0 spiro atoms. The van der Waals surface area contributed by atoms with Crippen LogP contribution in [-0.2, 0) is 0 Å². The summed E-state index contributed by atoms with van der Waals surface area (Å²) in [4.78, 5) is 20.2. The number of carbonyl (C=O) groups excluding carboxylic acids is 1. The van der Waals surface area contributed by atoms with Crippen molar-refractivity contribution in [2.24, 2.45) is 0 Å². The third kappa shape index (κ3) is 3.51. The Morgan fingerprint density at radius 2 is 2.28 bits per heavy atom. The monoisotopic (exact) mass is 248 g/mol. The Labute approximate surface area is 108 Å². The van der Waals surface area contributed by atoms with Crippen LogP contribution in [0.3, 0.4) is 0 Å². The van der Waals surface area contributed by atoms with Crippen LogP contribution < -0.4 is 5.32 Å². The molecular formula is C13H20N4O. The molecule has 1 aliphatic heterocycles. The number of rotatable bonds is 4. The highest BCUT2D eigenvalue weighted by atomic mass is 16.2. The van der Waals surface area contributed by atoms with Gasteiger partial charge < -0.3 is 10.2 Å². The Kier molecular flexibility index (Phi) is 4.66. The molecular weight excluding hydrogens is 228 g/mol. The van der Waals surface area contributed by atoms with Crippen molar-refractivity contribution in [3.63, 3.8) is 0 Å². The van der Waals surface area contributed by atoms with Crippen LogP contribution in [0.4, 0.5) is 0 Å². The molecule has 1 aromatic heterocycles. The summed E-state index contributed by atoms with van der Waals surface area (Å²) in [5.74, 6) is 0.0400. The number of carbonyl (C=O) groups is 1. The number of aromatic nitrogens is 1. The summed E-state index contributed by atoms with van der Waals surface area (Å²) in [5, 5.41) is 3.32. The lowest BCUT2D eigenvalue weighted by Crippen LogP contribution is -2.46. The fourth-order valence-corrected chi connectivity index (χ4v) is 2.04. The lowest BCUT2D eigenvalue weighted by Gasteiger charge is -2.29. The Hall–Kier alpha value is -1.46. The molecule has 1 aliphatic rings. The molecule has 0 saturated carbocycles. The summed E-state index contributed by atoms with van der Waals surface area (Å²) in [6.45, 7) is 5.91. The number of piperazine rings is 1. The van der Waals surface area contributed by atoms with Gasteiger partial charge in [-0.05, 0) is 12.1 Å². The number of likely N-dealkylation sites (N-methyl/N-ethyl adjacent to an activating group) is 1. The molecule has 2 rings (SSSR count). The van der Waals surface area contributed by atoms with E-state index in [9.17, 15) is 4.79 Å². The molecule has 0 unspecified atom stereocenters. The zero-order chi connectivity index (χ0) is 12.8. The molecule has 0 atom stereocenters. The third-order valence-electron chi connectivity index (χ3n) is 3.22. The van der Waals surface area contributed by atoms with Gasteiger partial charge in [-0.1, -0.05) is 0 Å². The van der Waals surface area contributed by atoms with Crippen LogP contribution in [0.5, 0.6) is 0 Å². The number of nitrogens with zero attached hydrogens (tertiary/aromatic N) is 3. The molecule has 0 radical (unpaired) electrons. The van der Waals surface area contributed by atoms with Gasteiger partial charge in [0, 0.05) is 58.7 Å². The maximum absolute atomic E-state index is 12.1. The standard InChI is InChI=1S/C13H20N4O/c1-16(9-10-17-7-5-14-6-8-17)13(18)12-3-2-4-15-11-12/h2-4,11,14H,5-10H2,1H3. The van der Waals surface area contributed by atoms with Crippen LogP contribution in [0.1, 0.15) is 10.4 Å². The van der Waals surface area contributed by atoms with Gasteiger partial charge in [0.1, 0.15) is 0 Å². The second-order valence-corrected chi connectivity index (χ2v) is 4.56. The average molecular weight is 248 g/mol. The fraction of sp³-hybridized carbons (Fsp3) is 0.538. The van der Waals surface area contributed by atoms with Gasteiger partial charge in [0.25, 0.3) is 5.91 Å². The van der Waals surface area contributed by atoms with Crippen molar-refractivity contribution in [2.45, 2.75) is 0 Å². The van der Waals surface area contributed by atoms with E-state index in [1.807, 2.05) is 7.05 Å². The van der Waals surface area contributed by atoms with Gasteiger partial charge >= 0.3 is 0 Å². The molecule has 5 nitrogen and oxygen atoms in total. The lowest BCUT2D eigenvalue weighted by molar-refractivity contribution is 0.0774. The van der Waals surface area contributed by atoms with Crippen LogP contribution in [0.2, 0.25) is 0 Å². The fourth-order valence-electron chi connectivity index (χ4n) is 2.04. The first-order chi connectivity index (χ1) is 8.77. The Bertz CT molecular complexity index is 376. The summed E-state index contributed by atoms with van der Waals surface area (Å²) in [6.07, 6.45) is 3.29. The van der Waals surface area contributed by atoms with Crippen LogP contribution in [0.15, 0.2) is 24.5 Å². The quantitative estimate of drug-likeness (QED) is 0.818. The first-order valence-corrected chi connectivity index (χ1v) is 6.36. The van der Waals surface area contributed by atoms with E-state index >= 15 is 0 Å². The van der Waals surface area contributed by atoms with E-state index in [4.69, 9.17) is 0 Å². The molecule has 1 aromatic rings. The molecule has 5 heteroatoms. The molecule has 1 amide bonds. The molecule has 1 N–H and O–H groups in total. The van der Waals surface area contributed by atoms with E-state index < -0.39 is 0 Å². The first kappa shape index (κ1) is 13.0. The first-order valence-electron chi connectivity index (χ1n) is 6.36. The molecule has 1 fully saturated rings. The highest BCUT2D eigenvalue weighted by Gasteiger charge is 2.14. The molecule has 1 saturated heterocycles. The minimum Gasteiger partial charge on any atom is -0.340 e. The van der Waals surface area contributed by atoms with E-state index in [-0.39, 0.29) is 5.91 Å². The predicted octanol–water partition coefficient (Wildman–Crippen LogP) is 0.0588. The third-order valence-corrected chi connectivity index (χ3v) is 3.22. The van der Waals surface area contributed by atoms with Crippen molar-refractivity contribution in [3.8, 4) is 0 Å². The van der Waals surface area contributed by atoms with Crippen LogP contribution in [-0.4, -0.2) is 67.0 Å². The predicted molar refractivity (Wildman–Crippen MR) is 70.5 cm³/mol. The highest BCUT2D eigenvalue weighted by molar-refractivity contribution is 5.93. The topological polar surface area (TPSA) is 48.5 Å². The van der Waals surface area contributed by atoms with Crippen molar-refractivity contribution in [2.75, 3.05) is 46.3 Å². The van der Waals surface area contributed by atoms with Gasteiger partial charge in [0.2, 0.25) is 0 Å². The summed E-state index contributed by atoms with van der Waals surface area (Å²) in [7, 11) is 1.84. The number of amides is 1.